The average molecular weight is 162 g/mol. The molecular formula is H2O6S2-2. The van der Waals surface area contributed by atoms with Crippen LogP contribution >= 0.6 is 0 Å². The molecule has 0 aliphatic carbocycles. The Morgan fingerprint density at radius 2 is 1.12 bits per heavy atom. The van der Waals surface area contributed by atoms with Crippen molar-refractivity contribution in [2.45, 2.75) is 0 Å². The smallest absolute Gasteiger partial charge is 0.299 e. The summed E-state index contributed by atoms with van der Waals surface area (Å²) >= 11 is -5.72. The van der Waals surface area contributed by atoms with E-state index in [1.165, 1.54) is 0 Å². The van der Waals surface area contributed by atoms with Gasteiger partial charge in [-0.2, -0.15) is 4.21 Å². The van der Waals surface area contributed by atoms with Crippen LogP contribution < -0.4 is 0 Å². The molecule has 0 aliphatic rings. The first kappa shape index (κ1) is 11.0. The van der Waals surface area contributed by atoms with Gasteiger partial charge in [0.2, 0.25) is 0 Å². The SMILES string of the molecule is O=S(O)O.O=S([O-])[O-]. The van der Waals surface area contributed by atoms with Gasteiger partial charge in [-0.15, -0.1) is 11.4 Å². The van der Waals surface area contributed by atoms with Crippen molar-refractivity contribution in [3.8, 4) is 0 Å². The third-order valence-electron chi connectivity index (χ3n) is 0. The molecule has 0 saturated carbocycles. The molecule has 0 unspecified atom stereocenters. The van der Waals surface area contributed by atoms with E-state index in [1.807, 2.05) is 0 Å². The van der Waals surface area contributed by atoms with Gasteiger partial charge in [0.25, 0.3) is 11.4 Å². The largest absolute Gasteiger partial charge is 0.784 e. The van der Waals surface area contributed by atoms with E-state index in [0.717, 1.165) is 0 Å². The molecule has 0 spiro atoms. The van der Waals surface area contributed by atoms with Gasteiger partial charge in [0.05, 0.1) is 0 Å². The average Bonchev–Trinajstić information content (AvgIpc) is 1.25. The van der Waals surface area contributed by atoms with E-state index in [0.29, 0.717) is 0 Å². The standard InChI is InChI=1S/2H2O3S/c2*1-4(2)3/h2*(H2,1,2,3)/p-2. The maximum Gasteiger partial charge on any atom is 0.299 e. The van der Waals surface area contributed by atoms with E-state index in [9.17, 15) is 0 Å². The summed E-state index contributed by atoms with van der Waals surface area (Å²) in [4.78, 5) is 0. The summed E-state index contributed by atoms with van der Waals surface area (Å²) in [6.45, 7) is 0. The fourth-order valence-electron chi connectivity index (χ4n) is 0. The highest BCUT2D eigenvalue weighted by atomic mass is 32.2. The summed E-state index contributed by atoms with van der Waals surface area (Å²) in [5.41, 5.74) is 0. The Bertz CT molecular complexity index is 64.5. The molecule has 0 rings (SSSR count). The van der Waals surface area contributed by atoms with Crippen molar-refractivity contribution in [2.24, 2.45) is 0 Å². The monoisotopic (exact) mass is 162 g/mol. The first-order valence-corrected chi connectivity index (χ1v) is 3.10. The van der Waals surface area contributed by atoms with Crippen molar-refractivity contribution in [2.75, 3.05) is 0 Å². The second-order valence-electron chi connectivity index (χ2n) is 0.435. The minimum absolute atomic E-state index is 2.61. The van der Waals surface area contributed by atoms with E-state index < -0.39 is 22.7 Å². The second kappa shape index (κ2) is 7.14. The molecule has 0 radical (unpaired) electrons. The molecule has 8 heteroatoms. The van der Waals surface area contributed by atoms with Crippen molar-refractivity contribution in [1.82, 2.24) is 0 Å². The normalized spacial score (nSPS) is 8.75. The van der Waals surface area contributed by atoms with Crippen LogP contribution in [-0.4, -0.2) is 26.6 Å². The van der Waals surface area contributed by atoms with Gasteiger partial charge in [-0.3, -0.25) is 13.3 Å². The molecular weight excluding hydrogens is 160 g/mol. The third kappa shape index (κ3) is 8280. The van der Waals surface area contributed by atoms with Gasteiger partial charge in [0.15, 0.2) is 0 Å². The Kier molecular flexibility index (Phi) is 9.82. The van der Waals surface area contributed by atoms with E-state index >= 15 is 0 Å². The van der Waals surface area contributed by atoms with Gasteiger partial charge in [-0.25, -0.2) is 0 Å². The lowest BCUT2D eigenvalue weighted by Gasteiger charge is -2.03. The molecule has 2 N–H and O–H groups in total. The Balaban J connectivity index is 0. The van der Waals surface area contributed by atoms with Crippen LogP contribution in [0.15, 0.2) is 0 Å². The van der Waals surface area contributed by atoms with Crippen LogP contribution in [0, 0.1) is 0 Å². The van der Waals surface area contributed by atoms with Crippen LogP contribution in [0.1, 0.15) is 0 Å². The van der Waals surface area contributed by atoms with Gasteiger partial charge in [0.1, 0.15) is 0 Å². The quantitative estimate of drug-likeness (QED) is 0.426. The summed E-state index contributed by atoms with van der Waals surface area (Å²) in [5, 5.41) is 0. The van der Waals surface area contributed by atoms with Crippen LogP contribution in [-0.2, 0) is 22.7 Å². The van der Waals surface area contributed by atoms with Crippen LogP contribution in [0.2, 0.25) is 0 Å². The number of rotatable bonds is 0. The molecule has 8 heavy (non-hydrogen) atoms. The maximum atomic E-state index is 8.67. The number of hydrogen-bond acceptors (Lipinski definition) is 4. The minimum Gasteiger partial charge on any atom is -0.784 e. The molecule has 0 atom stereocenters. The molecule has 0 aliphatic heterocycles. The first-order valence-electron chi connectivity index (χ1n) is 1.03. The van der Waals surface area contributed by atoms with Crippen LogP contribution in [0.4, 0.5) is 0 Å². The van der Waals surface area contributed by atoms with Crippen molar-refractivity contribution < 1.29 is 26.6 Å². The molecule has 0 aromatic carbocycles. The first-order chi connectivity index (χ1) is 3.46. The summed E-state index contributed by atoms with van der Waals surface area (Å²) in [7, 11) is 0. The molecule has 0 aromatic rings. The molecule has 0 amide bonds. The molecule has 52 valence electrons. The van der Waals surface area contributed by atoms with Crippen molar-refractivity contribution in [3.63, 3.8) is 0 Å². The Labute approximate surface area is 50.1 Å². The van der Waals surface area contributed by atoms with Gasteiger partial charge >= 0.3 is 0 Å². The summed E-state index contributed by atoms with van der Waals surface area (Å²) in [6, 6.07) is 0. The zero-order valence-corrected chi connectivity index (χ0v) is 4.98. The van der Waals surface area contributed by atoms with Crippen LogP contribution in [0.5, 0.6) is 0 Å². The van der Waals surface area contributed by atoms with E-state index in [-0.39, 0.29) is 0 Å². The Morgan fingerprint density at radius 1 is 1.12 bits per heavy atom. The third-order valence-corrected chi connectivity index (χ3v) is 0. The van der Waals surface area contributed by atoms with Gasteiger partial charge in [-0.1, -0.05) is 0 Å². The predicted molar refractivity (Wildman–Crippen MR) is 23.1 cm³/mol. The van der Waals surface area contributed by atoms with E-state index in [1.54, 1.807) is 0 Å². The fourth-order valence-corrected chi connectivity index (χ4v) is 0. The van der Waals surface area contributed by atoms with Gasteiger partial charge in [0, 0.05) is 0 Å². The van der Waals surface area contributed by atoms with Crippen LogP contribution in [0.25, 0.3) is 0 Å². The summed E-state index contributed by atoms with van der Waals surface area (Å²) in [6.07, 6.45) is 0. The lowest BCUT2D eigenvalue weighted by atomic mass is 15.8. The Hall–Kier alpha value is 0.140. The number of hydrogen-bond donors (Lipinski definition) is 2. The highest BCUT2D eigenvalue weighted by molar-refractivity contribution is 7.73. The predicted octanol–water partition coefficient (Wildman–Crippen LogP) is -1.32. The van der Waals surface area contributed by atoms with Crippen molar-refractivity contribution in [1.29, 1.82) is 0 Å². The Morgan fingerprint density at radius 3 is 1.12 bits per heavy atom. The molecule has 0 bridgehead atoms. The molecule has 0 aromatic heterocycles. The zero-order chi connectivity index (χ0) is 7.15. The van der Waals surface area contributed by atoms with Crippen LogP contribution in [0.3, 0.4) is 0 Å². The van der Waals surface area contributed by atoms with Crippen molar-refractivity contribution >= 4 is 22.7 Å². The second-order valence-corrected chi connectivity index (χ2v) is 1.30. The minimum atomic E-state index is -3.11. The molecule has 0 fully saturated rings. The van der Waals surface area contributed by atoms with Gasteiger partial charge in [-0.05, 0) is 0 Å². The van der Waals surface area contributed by atoms with Crippen molar-refractivity contribution in [3.05, 3.63) is 0 Å². The lowest BCUT2D eigenvalue weighted by Crippen LogP contribution is -1.76. The molecule has 0 saturated heterocycles. The summed E-state index contributed by atoms with van der Waals surface area (Å²) < 4.78 is 48.2. The summed E-state index contributed by atoms with van der Waals surface area (Å²) in [5.74, 6) is 0. The molecule has 0 heterocycles. The zero-order valence-electron chi connectivity index (χ0n) is 3.34. The van der Waals surface area contributed by atoms with Gasteiger partial charge < -0.3 is 9.11 Å². The van der Waals surface area contributed by atoms with E-state index in [4.69, 9.17) is 26.6 Å². The van der Waals surface area contributed by atoms with E-state index in [2.05, 4.69) is 0 Å². The topological polar surface area (TPSA) is 121 Å². The highest BCUT2D eigenvalue weighted by Crippen LogP contribution is 1.44. The lowest BCUT2D eigenvalue weighted by molar-refractivity contribution is 0.419. The fraction of sp³-hybridized carbons (Fsp3) is 0. The molecule has 6 nitrogen and oxygen atoms in total. The maximum absolute atomic E-state index is 8.67. The highest BCUT2D eigenvalue weighted by Gasteiger charge is 1.62.